The van der Waals surface area contributed by atoms with E-state index in [4.69, 9.17) is 4.74 Å². The second-order valence-corrected chi connectivity index (χ2v) is 7.73. The highest BCUT2D eigenvalue weighted by atomic mass is 16.5. The Balaban J connectivity index is 1.87. The van der Waals surface area contributed by atoms with E-state index in [2.05, 4.69) is 36.1 Å². The molecule has 0 spiro atoms. The fraction of sp³-hybridized carbons (Fsp3) is 0.273. The van der Waals surface area contributed by atoms with Crippen molar-refractivity contribution in [1.29, 1.82) is 0 Å². The number of rotatable bonds is 6. The summed E-state index contributed by atoms with van der Waals surface area (Å²) in [5, 5.41) is 14.8. The van der Waals surface area contributed by atoms with Crippen LogP contribution >= 0.6 is 0 Å². The van der Waals surface area contributed by atoms with Gasteiger partial charge in [0, 0.05) is 24.9 Å². The third kappa shape index (κ3) is 4.98. The molecule has 0 saturated heterocycles. The number of ether oxygens (including phenoxy) is 1. The van der Waals surface area contributed by atoms with Gasteiger partial charge >= 0.3 is 0 Å². The van der Waals surface area contributed by atoms with Crippen molar-refractivity contribution in [3.63, 3.8) is 0 Å². The first-order valence-corrected chi connectivity index (χ1v) is 9.20. The molecule has 146 valence electrons. The molecule has 0 fully saturated rings. The van der Waals surface area contributed by atoms with Crippen molar-refractivity contribution in [3.8, 4) is 22.9 Å². The molecule has 0 aliphatic rings. The van der Waals surface area contributed by atoms with E-state index >= 15 is 0 Å². The minimum Gasteiger partial charge on any atom is -0.439 e. The lowest BCUT2D eigenvalue weighted by molar-refractivity contribution is 0.210. The van der Waals surface area contributed by atoms with Crippen molar-refractivity contribution in [3.05, 3.63) is 60.8 Å². The molecule has 0 amide bonds. The Hall–Kier alpha value is -3.12. The number of hydrogen-bond acceptors (Lipinski definition) is 6. The minimum atomic E-state index is -0.0461. The summed E-state index contributed by atoms with van der Waals surface area (Å²) < 4.78 is 5.81. The number of benzene rings is 1. The lowest BCUT2D eigenvalue weighted by Crippen LogP contribution is -2.30. The summed E-state index contributed by atoms with van der Waals surface area (Å²) in [6.45, 7) is 6.72. The summed E-state index contributed by atoms with van der Waals surface area (Å²) in [4.78, 5) is 8.86. The van der Waals surface area contributed by atoms with Crippen molar-refractivity contribution in [1.82, 2.24) is 9.97 Å². The van der Waals surface area contributed by atoms with E-state index in [-0.39, 0.29) is 5.41 Å². The third-order valence-electron chi connectivity index (χ3n) is 4.00. The maximum atomic E-state index is 10.5. The zero-order chi connectivity index (χ0) is 20.1. The van der Waals surface area contributed by atoms with Gasteiger partial charge in [-0.3, -0.25) is 10.3 Å². The number of nitrogens with one attached hydrogen (secondary N) is 1. The van der Waals surface area contributed by atoms with Crippen LogP contribution in [-0.4, -0.2) is 28.8 Å². The smallest absolute Gasteiger partial charge is 0.219 e. The summed E-state index contributed by atoms with van der Waals surface area (Å²) in [5.74, 6) is 1.84. The Morgan fingerprint density at radius 3 is 2.57 bits per heavy atom. The standard InChI is InChI=1S/C22H26N4O2/c1-22(2,3)15-26(27)19-12-11-18(25-21(19)23-4)16-8-7-9-17(14-16)28-20-10-5-6-13-24-20/h5-14,27H,15H2,1-4H3,(H,23,25). The van der Waals surface area contributed by atoms with Gasteiger partial charge in [0.15, 0.2) is 5.82 Å². The maximum absolute atomic E-state index is 10.5. The molecule has 0 radical (unpaired) electrons. The Labute approximate surface area is 165 Å². The fourth-order valence-corrected chi connectivity index (χ4v) is 2.79. The molecule has 2 N–H and O–H groups in total. The number of hydroxylamine groups is 1. The molecule has 28 heavy (non-hydrogen) atoms. The van der Waals surface area contributed by atoms with Crippen LogP contribution in [0.4, 0.5) is 11.5 Å². The van der Waals surface area contributed by atoms with Gasteiger partial charge in [-0.15, -0.1) is 0 Å². The Bertz CT molecular complexity index is 923. The van der Waals surface area contributed by atoms with E-state index in [0.717, 1.165) is 11.3 Å². The Morgan fingerprint density at radius 2 is 1.89 bits per heavy atom. The quantitative estimate of drug-likeness (QED) is 0.573. The van der Waals surface area contributed by atoms with Crippen molar-refractivity contribution in [2.75, 3.05) is 24.0 Å². The van der Waals surface area contributed by atoms with E-state index in [0.29, 0.717) is 29.7 Å². The second-order valence-electron chi connectivity index (χ2n) is 7.73. The van der Waals surface area contributed by atoms with Gasteiger partial charge in [0.1, 0.15) is 11.4 Å². The highest BCUT2D eigenvalue weighted by molar-refractivity contribution is 5.71. The number of anilines is 2. The van der Waals surface area contributed by atoms with Crippen molar-refractivity contribution < 1.29 is 9.94 Å². The SMILES string of the molecule is CNc1nc(-c2cccc(Oc3ccccn3)c2)ccc1N(O)CC(C)(C)C. The van der Waals surface area contributed by atoms with Crippen molar-refractivity contribution in [2.45, 2.75) is 20.8 Å². The summed E-state index contributed by atoms with van der Waals surface area (Å²) in [6.07, 6.45) is 1.69. The molecule has 3 rings (SSSR count). The highest BCUT2D eigenvalue weighted by Crippen LogP contribution is 2.31. The summed E-state index contributed by atoms with van der Waals surface area (Å²) in [7, 11) is 1.79. The molecule has 2 heterocycles. The molecule has 0 bridgehead atoms. The Morgan fingerprint density at radius 1 is 1.07 bits per heavy atom. The number of nitrogens with zero attached hydrogens (tertiary/aromatic N) is 3. The minimum absolute atomic E-state index is 0.0461. The zero-order valence-corrected chi connectivity index (χ0v) is 16.7. The van der Waals surface area contributed by atoms with Gasteiger partial charge in [-0.05, 0) is 35.7 Å². The number of hydrogen-bond donors (Lipinski definition) is 2. The van der Waals surface area contributed by atoms with Gasteiger partial charge in [0.25, 0.3) is 0 Å². The van der Waals surface area contributed by atoms with E-state index in [1.54, 1.807) is 13.2 Å². The maximum Gasteiger partial charge on any atom is 0.219 e. The molecular formula is C22H26N4O2. The molecule has 3 aromatic rings. The van der Waals surface area contributed by atoms with Gasteiger partial charge < -0.3 is 10.1 Å². The number of aromatic nitrogens is 2. The van der Waals surface area contributed by atoms with Crippen LogP contribution < -0.4 is 15.1 Å². The van der Waals surface area contributed by atoms with Crippen LogP contribution in [0.5, 0.6) is 11.6 Å². The first-order valence-electron chi connectivity index (χ1n) is 9.20. The Kier molecular flexibility index (Phi) is 5.80. The molecule has 0 atom stereocenters. The molecule has 2 aromatic heterocycles. The average Bonchev–Trinajstić information content (AvgIpc) is 2.67. The van der Waals surface area contributed by atoms with E-state index in [1.807, 2.05) is 54.6 Å². The van der Waals surface area contributed by atoms with Crippen molar-refractivity contribution in [2.24, 2.45) is 5.41 Å². The highest BCUT2D eigenvalue weighted by Gasteiger charge is 2.19. The molecule has 6 nitrogen and oxygen atoms in total. The van der Waals surface area contributed by atoms with Crippen LogP contribution in [0.15, 0.2) is 60.8 Å². The van der Waals surface area contributed by atoms with Crippen LogP contribution in [-0.2, 0) is 0 Å². The predicted molar refractivity (Wildman–Crippen MR) is 112 cm³/mol. The molecule has 0 aliphatic carbocycles. The van der Waals surface area contributed by atoms with Gasteiger partial charge in [0.05, 0.1) is 12.2 Å². The van der Waals surface area contributed by atoms with Crippen LogP contribution in [0.25, 0.3) is 11.3 Å². The molecule has 0 unspecified atom stereocenters. The second kappa shape index (κ2) is 8.27. The van der Waals surface area contributed by atoms with Gasteiger partial charge in [-0.2, -0.15) is 0 Å². The summed E-state index contributed by atoms with van der Waals surface area (Å²) in [6, 6.07) is 17.0. The lowest BCUT2D eigenvalue weighted by atomic mass is 9.96. The molecular weight excluding hydrogens is 352 g/mol. The molecule has 0 saturated carbocycles. The van der Waals surface area contributed by atoms with E-state index in [9.17, 15) is 5.21 Å². The van der Waals surface area contributed by atoms with Crippen LogP contribution in [0.1, 0.15) is 20.8 Å². The third-order valence-corrected chi connectivity index (χ3v) is 4.00. The van der Waals surface area contributed by atoms with Gasteiger partial charge in [-0.1, -0.05) is 39.0 Å². The first-order chi connectivity index (χ1) is 13.4. The monoisotopic (exact) mass is 378 g/mol. The van der Waals surface area contributed by atoms with Crippen LogP contribution in [0.2, 0.25) is 0 Å². The van der Waals surface area contributed by atoms with E-state index in [1.165, 1.54) is 5.06 Å². The summed E-state index contributed by atoms with van der Waals surface area (Å²) >= 11 is 0. The average molecular weight is 378 g/mol. The van der Waals surface area contributed by atoms with Gasteiger partial charge in [-0.25, -0.2) is 9.97 Å². The van der Waals surface area contributed by atoms with Crippen LogP contribution in [0.3, 0.4) is 0 Å². The van der Waals surface area contributed by atoms with Crippen molar-refractivity contribution >= 4 is 11.5 Å². The lowest BCUT2D eigenvalue weighted by Gasteiger charge is -2.27. The summed E-state index contributed by atoms with van der Waals surface area (Å²) in [5.41, 5.74) is 2.29. The molecule has 6 heteroatoms. The van der Waals surface area contributed by atoms with E-state index < -0.39 is 0 Å². The topological polar surface area (TPSA) is 70.5 Å². The molecule has 0 aliphatic heterocycles. The number of pyridine rings is 2. The fourth-order valence-electron chi connectivity index (χ4n) is 2.79. The first kappa shape index (κ1) is 19.6. The molecule has 1 aromatic carbocycles. The normalized spacial score (nSPS) is 11.2. The van der Waals surface area contributed by atoms with Crippen LogP contribution in [0, 0.1) is 5.41 Å². The van der Waals surface area contributed by atoms with Gasteiger partial charge in [0.2, 0.25) is 5.88 Å². The predicted octanol–water partition coefficient (Wildman–Crippen LogP) is 5.22. The largest absolute Gasteiger partial charge is 0.439 e. The zero-order valence-electron chi connectivity index (χ0n) is 16.7.